The molecule has 4 nitrogen and oxygen atoms in total. The molecule has 1 atom stereocenters. The van der Waals surface area contributed by atoms with Gasteiger partial charge in [-0.2, -0.15) is 0 Å². The number of furan rings is 1. The van der Waals surface area contributed by atoms with Crippen LogP contribution >= 0.6 is 0 Å². The van der Waals surface area contributed by atoms with Crippen LogP contribution in [0.2, 0.25) is 0 Å². The van der Waals surface area contributed by atoms with Crippen molar-refractivity contribution in [1.82, 2.24) is 5.32 Å². The average molecular weight is 349 g/mol. The van der Waals surface area contributed by atoms with Gasteiger partial charge in [-0.3, -0.25) is 4.79 Å². The summed E-state index contributed by atoms with van der Waals surface area (Å²) in [6.45, 7) is 6.05. The molecule has 0 saturated heterocycles. The molecule has 0 aliphatic heterocycles. The van der Waals surface area contributed by atoms with Gasteiger partial charge in [0.25, 0.3) is 0 Å². The second kappa shape index (κ2) is 7.91. The fraction of sp³-hybridized carbons (Fsp3) is 0.227. The SMILES string of the molecule is CCOc1ccc(C=Cc2ccc3cc(C(C)NC(C)=O)oc3c2)cc1. The maximum Gasteiger partial charge on any atom is 0.217 e. The second-order valence-electron chi connectivity index (χ2n) is 6.20. The lowest BCUT2D eigenvalue weighted by Crippen LogP contribution is -2.23. The normalized spacial score (nSPS) is 12.4. The zero-order valence-electron chi connectivity index (χ0n) is 15.3. The van der Waals surface area contributed by atoms with E-state index in [1.54, 1.807) is 0 Å². The molecular weight excluding hydrogens is 326 g/mol. The van der Waals surface area contributed by atoms with Crippen molar-refractivity contribution >= 4 is 29.0 Å². The van der Waals surface area contributed by atoms with E-state index in [1.165, 1.54) is 6.92 Å². The molecule has 4 heteroatoms. The Balaban J connectivity index is 1.77. The quantitative estimate of drug-likeness (QED) is 0.622. The minimum atomic E-state index is -0.150. The molecule has 1 heterocycles. The van der Waals surface area contributed by atoms with Crippen LogP contribution in [0.5, 0.6) is 5.75 Å². The van der Waals surface area contributed by atoms with E-state index in [-0.39, 0.29) is 11.9 Å². The Labute approximate surface area is 153 Å². The van der Waals surface area contributed by atoms with Gasteiger partial charge in [-0.1, -0.05) is 36.4 Å². The lowest BCUT2D eigenvalue weighted by molar-refractivity contribution is -0.119. The standard InChI is InChI=1S/C22H23NO3/c1-4-25-20-11-8-17(9-12-20)5-6-18-7-10-19-14-21(26-22(19)13-18)15(2)23-16(3)24/h5-15H,4H2,1-3H3,(H,23,24). The van der Waals surface area contributed by atoms with Gasteiger partial charge in [0.1, 0.15) is 17.1 Å². The molecule has 0 radical (unpaired) electrons. The van der Waals surface area contributed by atoms with Crippen LogP contribution in [-0.4, -0.2) is 12.5 Å². The smallest absolute Gasteiger partial charge is 0.217 e. The van der Waals surface area contributed by atoms with Crippen LogP contribution in [0.1, 0.15) is 43.7 Å². The molecular formula is C22H23NO3. The highest BCUT2D eigenvalue weighted by Gasteiger charge is 2.12. The highest BCUT2D eigenvalue weighted by molar-refractivity contribution is 5.83. The summed E-state index contributed by atoms with van der Waals surface area (Å²) in [6, 6.07) is 15.9. The van der Waals surface area contributed by atoms with Gasteiger partial charge in [0.2, 0.25) is 5.91 Å². The van der Waals surface area contributed by atoms with Crippen molar-refractivity contribution in [3.05, 3.63) is 65.4 Å². The Morgan fingerprint density at radius 3 is 2.50 bits per heavy atom. The minimum Gasteiger partial charge on any atom is -0.494 e. The molecule has 26 heavy (non-hydrogen) atoms. The summed E-state index contributed by atoms with van der Waals surface area (Å²) in [6.07, 6.45) is 4.11. The largest absolute Gasteiger partial charge is 0.494 e. The molecule has 3 aromatic rings. The Kier molecular flexibility index (Phi) is 5.42. The van der Waals surface area contributed by atoms with Crippen molar-refractivity contribution in [2.24, 2.45) is 0 Å². The van der Waals surface area contributed by atoms with E-state index >= 15 is 0 Å². The minimum absolute atomic E-state index is 0.0723. The number of carbonyl (C=O) groups is 1. The molecule has 0 saturated carbocycles. The fourth-order valence-corrected chi connectivity index (χ4v) is 2.80. The van der Waals surface area contributed by atoms with Crippen LogP contribution < -0.4 is 10.1 Å². The molecule has 0 fully saturated rings. The van der Waals surface area contributed by atoms with Crippen molar-refractivity contribution in [3.63, 3.8) is 0 Å². The first-order valence-electron chi connectivity index (χ1n) is 8.76. The van der Waals surface area contributed by atoms with Crippen molar-refractivity contribution in [2.75, 3.05) is 6.61 Å². The first-order valence-corrected chi connectivity index (χ1v) is 8.76. The summed E-state index contributed by atoms with van der Waals surface area (Å²) in [5.41, 5.74) is 2.97. The van der Waals surface area contributed by atoms with Crippen molar-refractivity contribution < 1.29 is 13.9 Å². The van der Waals surface area contributed by atoms with Gasteiger partial charge in [0.15, 0.2) is 0 Å². The van der Waals surface area contributed by atoms with Gasteiger partial charge in [-0.05, 0) is 49.2 Å². The molecule has 1 amide bonds. The number of fused-ring (bicyclic) bond motifs is 1. The third-order valence-corrected chi connectivity index (χ3v) is 4.07. The summed E-state index contributed by atoms with van der Waals surface area (Å²) in [5.74, 6) is 1.56. The van der Waals surface area contributed by atoms with Gasteiger partial charge >= 0.3 is 0 Å². The van der Waals surface area contributed by atoms with Crippen molar-refractivity contribution in [2.45, 2.75) is 26.8 Å². The number of rotatable bonds is 6. The third kappa shape index (κ3) is 4.33. The second-order valence-corrected chi connectivity index (χ2v) is 6.20. The number of ether oxygens (including phenoxy) is 1. The zero-order valence-corrected chi connectivity index (χ0v) is 15.3. The van der Waals surface area contributed by atoms with Crippen LogP contribution in [0.4, 0.5) is 0 Å². The van der Waals surface area contributed by atoms with Gasteiger partial charge < -0.3 is 14.5 Å². The lowest BCUT2D eigenvalue weighted by Gasteiger charge is -2.08. The topological polar surface area (TPSA) is 51.5 Å². The number of hydrogen-bond donors (Lipinski definition) is 1. The van der Waals surface area contributed by atoms with Crippen LogP contribution in [0.3, 0.4) is 0 Å². The molecule has 1 N–H and O–H groups in total. The van der Waals surface area contributed by atoms with Crippen molar-refractivity contribution in [1.29, 1.82) is 0 Å². The zero-order chi connectivity index (χ0) is 18.5. The Morgan fingerprint density at radius 2 is 1.81 bits per heavy atom. The number of nitrogens with one attached hydrogen (secondary N) is 1. The van der Waals surface area contributed by atoms with E-state index < -0.39 is 0 Å². The fourth-order valence-electron chi connectivity index (χ4n) is 2.80. The molecule has 1 aromatic heterocycles. The van der Waals surface area contributed by atoms with Crippen LogP contribution in [-0.2, 0) is 4.79 Å². The van der Waals surface area contributed by atoms with E-state index in [1.807, 2.05) is 56.3 Å². The molecule has 0 spiro atoms. The van der Waals surface area contributed by atoms with Gasteiger partial charge in [0.05, 0.1) is 12.6 Å². The molecule has 0 aliphatic rings. The maximum atomic E-state index is 11.2. The van der Waals surface area contributed by atoms with E-state index in [0.717, 1.165) is 33.6 Å². The molecule has 134 valence electrons. The monoisotopic (exact) mass is 349 g/mol. The molecule has 1 unspecified atom stereocenters. The Morgan fingerprint density at radius 1 is 1.12 bits per heavy atom. The summed E-state index contributed by atoms with van der Waals surface area (Å²) in [4.78, 5) is 11.2. The predicted molar refractivity (Wildman–Crippen MR) is 105 cm³/mol. The molecule has 0 aliphatic carbocycles. The summed E-state index contributed by atoms with van der Waals surface area (Å²) < 4.78 is 11.4. The van der Waals surface area contributed by atoms with E-state index in [4.69, 9.17) is 9.15 Å². The number of benzene rings is 2. The Bertz CT molecular complexity index is 922. The number of carbonyl (C=O) groups excluding carboxylic acids is 1. The van der Waals surface area contributed by atoms with Crippen LogP contribution in [0.25, 0.3) is 23.1 Å². The van der Waals surface area contributed by atoms with E-state index in [2.05, 4.69) is 23.5 Å². The summed E-state index contributed by atoms with van der Waals surface area (Å²) >= 11 is 0. The molecule has 2 aromatic carbocycles. The van der Waals surface area contributed by atoms with Crippen LogP contribution in [0.15, 0.2) is 52.9 Å². The highest BCUT2D eigenvalue weighted by Crippen LogP contribution is 2.25. The number of hydrogen-bond acceptors (Lipinski definition) is 3. The highest BCUT2D eigenvalue weighted by atomic mass is 16.5. The third-order valence-electron chi connectivity index (χ3n) is 4.07. The predicted octanol–water partition coefficient (Wildman–Crippen LogP) is 5.20. The van der Waals surface area contributed by atoms with E-state index in [9.17, 15) is 4.79 Å². The Hall–Kier alpha value is -3.01. The van der Waals surface area contributed by atoms with Gasteiger partial charge in [0, 0.05) is 12.3 Å². The van der Waals surface area contributed by atoms with Crippen molar-refractivity contribution in [3.8, 4) is 5.75 Å². The molecule has 3 rings (SSSR count). The summed E-state index contributed by atoms with van der Waals surface area (Å²) in [5, 5.41) is 3.86. The summed E-state index contributed by atoms with van der Waals surface area (Å²) in [7, 11) is 0. The van der Waals surface area contributed by atoms with E-state index in [0.29, 0.717) is 6.61 Å². The average Bonchev–Trinajstić information content (AvgIpc) is 3.04. The van der Waals surface area contributed by atoms with Gasteiger partial charge in [-0.15, -0.1) is 0 Å². The first-order chi connectivity index (χ1) is 12.5. The maximum absolute atomic E-state index is 11.2. The number of amides is 1. The lowest BCUT2D eigenvalue weighted by atomic mass is 10.1. The van der Waals surface area contributed by atoms with Crippen LogP contribution in [0, 0.1) is 0 Å². The first kappa shape index (κ1) is 17.8. The van der Waals surface area contributed by atoms with Gasteiger partial charge in [-0.25, -0.2) is 0 Å². The molecule has 0 bridgehead atoms.